The van der Waals surface area contributed by atoms with Crippen LogP contribution in [0.25, 0.3) is 11.1 Å². The number of carbonyl (C=O) groups is 4. The monoisotopic (exact) mass is 570 g/mol. The minimum Gasteiger partial charge on any atom is -0.507 e. The number of rotatable bonds is 3. The molecule has 3 aromatic carbocycles. The zero-order valence-electron chi connectivity index (χ0n) is 23.4. The van der Waals surface area contributed by atoms with Crippen molar-refractivity contribution < 1.29 is 48.7 Å². The highest BCUT2D eigenvalue weighted by molar-refractivity contribution is 6.35. The van der Waals surface area contributed by atoms with E-state index in [0.717, 1.165) is 12.1 Å². The minimum atomic E-state index is -0.815. The van der Waals surface area contributed by atoms with Gasteiger partial charge in [0.15, 0.2) is 17.3 Å². The van der Waals surface area contributed by atoms with Gasteiger partial charge in [-0.2, -0.15) is 0 Å². The van der Waals surface area contributed by atoms with Crippen molar-refractivity contribution in [2.45, 2.75) is 39.4 Å². The van der Waals surface area contributed by atoms with Gasteiger partial charge in [0.05, 0.1) is 43.1 Å². The van der Waals surface area contributed by atoms with Crippen molar-refractivity contribution in [3.63, 3.8) is 0 Å². The summed E-state index contributed by atoms with van der Waals surface area (Å²) < 4.78 is 17.0. The van der Waals surface area contributed by atoms with Crippen LogP contribution >= 0.6 is 0 Å². The zero-order valence-corrected chi connectivity index (χ0v) is 23.4. The van der Waals surface area contributed by atoms with Crippen LogP contribution in [0.2, 0.25) is 0 Å². The van der Waals surface area contributed by atoms with Gasteiger partial charge in [-0.3, -0.25) is 19.2 Å². The molecule has 0 fully saturated rings. The number of aryl methyl sites for hydroxylation is 1. The van der Waals surface area contributed by atoms with Gasteiger partial charge in [0.1, 0.15) is 28.7 Å². The number of phenols is 3. The summed E-state index contributed by atoms with van der Waals surface area (Å²) in [7, 11) is 2.56. The molecule has 10 nitrogen and oxygen atoms in total. The Kier molecular flexibility index (Phi) is 6.02. The van der Waals surface area contributed by atoms with E-state index in [-0.39, 0.29) is 74.1 Å². The number of methoxy groups -OCH3 is 2. The molecule has 42 heavy (non-hydrogen) atoms. The van der Waals surface area contributed by atoms with Crippen LogP contribution in [0.15, 0.2) is 35.4 Å². The molecule has 0 amide bonds. The number of hydrogen-bond acceptors (Lipinski definition) is 10. The van der Waals surface area contributed by atoms with E-state index in [1.54, 1.807) is 20.8 Å². The molecule has 0 unspecified atom stereocenters. The van der Waals surface area contributed by atoms with Gasteiger partial charge < -0.3 is 29.5 Å². The van der Waals surface area contributed by atoms with Crippen LogP contribution in [0, 0.1) is 6.92 Å². The molecular weight excluding hydrogens is 544 g/mol. The summed E-state index contributed by atoms with van der Waals surface area (Å²) in [5.41, 5.74) is -0.877. The molecule has 2 atom stereocenters. The molecule has 0 saturated carbocycles. The van der Waals surface area contributed by atoms with Crippen molar-refractivity contribution in [3.8, 4) is 39.9 Å². The van der Waals surface area contributed by atoms with E-state index in [9.17, 15) is 34.5 Å². The van der Waals surface area contributed by atoms with E-state index in [2.05, 4.69) is 0 Å². The van der Waals surface area contributed by atoms with Gasteiger partial charge in [0.2, 0.25) is 5.78 Å². The number of hydrogen-bond donors (Lipinski definition) is 3. The number of aromatic hydroxyl groups is 3. The van der Waals surface area contributed by atoms with E-state index in [0.29, 0.717) is 5.56 Å². The molecule has 6 rings (SSSR count). The van der Waals surface area contributed by atoms with Crippen molar-refractivity contribution in [2.24, 2.45) is 0 Å². The predicted molar refractivity (Wildman–Crippen MR) is 148 cm³/mol. The molecule has 0 saturated heterocycles. The molecule has 214 valence electrons. The van der Waals surface area contributed by atoms with Crippen LogP contribution in [0.4, 0.5) is 0 Å². The van der Waals surface area contributed by atoms with Crippen LogP contribution in [0.5, 0.6) is 28.7 Å². The van der Waals surface area contributed by atoms with Crippen molar-refractivity contribution >= 4 is 23.1 Å². The summed E-state index contributed by atoms with van der Waals surface area (Å²) in [5, 5.41) is 32.6. The van der Waals surface area contributed by atoms with E-state index < -0.39 is 52.0 Å². The summed E-state index contributed by atoms with van der Waals surface area (Å²) in [6.45, 7) is 5.07. The van der Waals surface area contributed by atoms with Gasteiger partial charge >= 0.3 is 0 Å². The Bertz CT molecular complexity index is 1840. The number of phenolic OH excluding ortho intramolecular Hbond substituents is 3. The van der Waals surface area contributed by atoms with E-state index >= 15 is 0 Å². The highest BCUT2D eigenvalue weighted by Gasteiger charge is 2.45. The molecule has 1 heterocycles. The maximum absolute atomic E-state index is 14.3. The molecule has 0 radical (unpaired) electrons. The lowest BCUT2D eigenvalue weighted by atomic mass is 9.73. The van der Waals surface area contributed by atoms with E-state index in [1.165, 1.54) is 26.4 Å². The van der Waals surface area contributed by atoms with Crippen molar-refractivity contribution in [3.05, 3.63) is 74.4 Å². The second-order valence-corrected chi connectivity index (χ2v) is 10.7. The first-order valence-electron chi connectivity index (χ1n) is 13.2. The fourth-order valence-electron chi connectivity index (χ4n) is 6.40. The Balaban J connectivity index is 1.75. The summed E-state index contributed by atoms with van der Waals surface area (Å²) in [6.07, 6.45) is -0.946. The normalized spacial score (nSPS) is 19.3. The third kappa shape index (κ3) is 3.54. The predicted octanol–water partition coefficient (Wildman–Crippen LogP) is 4.44. The summed E-state index contributed by atoms with van der Waals surface area (Å²) in [6, 6.07) is 5.05. The Labute approximate surface area is 239 Å². The van der Waals surface area contributed by atoms with Crippen LogP contribution < -0.4 is 9.47 Å². The fourth-order valence-corrected chi connectivity index (χ4v) is 6.40. The average molecular weight is 571 g/mol. The summed E-state index contributed by atoms with van der Waals surface area (Å²) in [4.78, 5) is 56.0. The molecule has 10 heteroatoms. The van der Waals surface area contributed by atoms with Gasteiger partial charge in [0.25, 0.3) is 0 Å². The number of carbonyl (C=O) groups excluding carboxylic acids is 4. The fraction of sp³-hybridized carbons (Fsp3) is 0.250. The van der Waals surface area contributed by atoms with Crippen LogP contribution in [-0.2, 0) is 4.74 Å². The minimum absolute atomic E-state index is 0.0587. The van der Waals surface area contributed by atoms with Crippen molar-refractivity contribution in [1.29, 1.82) is 0 Å². The van der Waals surface area contributed by atoms with Crippen LogP contribution in [0.3, 0.4) is 0 Å². The quantitative estimate of drug-likeness (QED) is 0.322. The summed E-state index contributed by atoms with van der Waals surface area (Å²) in [5.74, 6) is -4.41. The Morgan fingerprint density at radius 2 is 1.19 bits per heavy atom. The molecule has 3 aromatic rings. The van der Waals surface area contributed by atoms with Crippen LogP contribution in [0.1, 0.15) is 78.4 Å². The highest BCUT2D eigenvalue weighted by atomic mass is 16.5. The third-order valence-corrected chi connectivity index (χ3v) is 8.05. The molecule has 2 aliphatic carbocycles. The number of ether oxygens (including phenoxy) is 3. The second-order valence-electron chi connectivity index (χ2n) is 10.7. The largest absolute Gasteiger partial charge is 0.507 e. The van der Waals surface area contributed by atoms with Gasteiger partial charge in [-0.1, -0.05) is 0 Å². The lowest BCUT2D eigenvalue weighted by Gasteiger charge is -2.34. The van der Waals surface area contributed by atoms with Crippen LogP contribution in [-0.4, -0.2) is 64.9 Å². The Hall–Kier alpha value is -4.96. The molecule has 1 aliphatic heterocycles. The number of fused-ring (bicyclic) bond motifs is 3. The highest BCUT2D eigenvalue weighted by Crippen LogP contribution is 2.53. The third-order valence-electron chi connectivity index (χ3n) is 8.05. The first-order chi connectivity index (χ1) is 19.9. The van der Waals surface area contributed by atoms with E-state index in [1.807, 2.05) is 0 Å². The topological polar surface area (TPSA) is 157 Å². The smallest absolute Gasteiger partial charge is 0.201 e. The van der Waals surface area contributed by atoms with Gasteiger partial charge in [-0.25, -0.2) is 0 Å². The number of ketones is 4. The molecule has 3 aliphatic rings. The van der Waals surface area contributed by atoms with Gasteiger partial charge in [0, 0.05) is 57.5 Å². The van der Waals surface area contributed by atoms with E-state index in [4.69, 9.17) is 14.2 Å². The SMILES string of the molecule is COc1cc(O)c2c(c1-c1c(OC)cc(O)c3c1C(=O)c1cc(C)cc(O)c1C3=O)C(=O)C1=C(C2=O)[C@@H](C)O[C@@H](C)C1. The van der Waals surface area contributed by atoms with Gasteiger partial charge in [-0.05, 0) is 38.5 Å². The molecule has 0 bridgehead atoms. The lowest BCUT2D eigenvalue weighted by molar-refractivity contribution is 0.0148. The summed E-state index contributed by atoms with van der Waals surface area (Å²) >= 11 is 0. The molecule has 3 N–H and O–H groups in total. The van der Waals surface area contributed by atoms with Crippen molar-refractivity contribution in [2.75, 3.05) is 14.2 Å². The Morgan fingerprint density at radius 1 is 0.667 bits per heavy atom. The standard InChI is InChI=1S/C32H26O10/c1-11-6-14-22(16(33)7-11)32(39)24-18(35)10-20(41-5)26(28(24)29(14)36)25-19(40-4)9-17(34)23-27(25)30(37)15-8-12(2)42-13(3)21(15)31(23)38/h6-7,9-10,12-13,33-35H,8H2,1-5H3/t12-,13+/m0/s1. The maximum atomic E-state index is 14.3. The molecule has 0 spiro atoms. The van der Waals surface area contributed by atoms with Gasteiger partial charge in [-0.15, -0.1) is 0 Å². The number of benzene rings is 3. The first kappa shape index (κ1) is 27.2. The first-order valence-corrected chi connectivity index (χ1v) is 13.2. The average Bonchev–Trinajstić information content (AvgIpc) is 2.92. The second kappa shape index (κ2) is 9.28. The molecule has 0 aromatic heterocycles. The molecular formula is C32H26O10. The lowest BCUT2D eigenvalue weighted by Crippen LogP contribution is -2.36. The zero-order chi connectivity index (χ0) is 30.4. The van der Waals surface area contributed by atoms with Crippen molar-refractivity contribution in [1.82, 2.24) is 0 Å². The number of Topliss-reactive ketones (excluding diaryl/α,β-unsaturated/α-hetero) is 2. The Morgan fingerprint density at radius 3 is 1.76 bits per heavy atom. The maximum Gasteiger partial charge on any atom is 0.201 e.